The average molecular weight is 512 g/mol. The monoisotopic (exact) mass is 511 g/mol. The highest BCUT2D eigenvalue weighted by atomic mass is 16.5. The molecule has 37 heavy (non-hydrogen) atoms. The normalized spacial score (nSPS) is 45.8. The molecular weight excluding hydrogens is 462 g/mol. The molecule has 9 atom stereocenters. The zero-order valence-electron chi connectivity index (χ0n) is 23.6. The van der Waals surface area contributed by atoms with Gasteiger partial charge in [-0.25, -0.2) is 0 Å². The lowest BCUT2D eigenvalue weighted by Crippen LogP contribution is -2.52. The Hall–Kier alpha value is -1.01. The maximum Gasteiger partial charge on any atom is 0.155 e. The van der Waals surface area contributed by atoms with Gasteiger partial charge in [0.25, 0.3) is 0 Å². The molecule has 0 amide bonds. The van der Waals surface area contributed by atoms with Crippen molar-refractivity contribution in [2.45, 2.75) is 103 Å². The first-order chi connectivity index (χ1) is 17.8. The Kier molecular flexibility index (Phi) is 7.00. The number of ether oxygens (including phenoxy) is 2. The van der Waals surface area contributed by atoms with Gasteiger partial charge in [0.1, 0.15) is 0 Å². The van der Waals surface area contributed by atoms with E-state index in [0.717, 1.165) is 44.7 Å². The molecule has 0 radical (unpaired) electrons. The number of rotatable bonds is 5. The van der Waals surface area contributed by atoms with Gasteiger partial charge in [0.2, 0.25) is 0 Å². The largest absolute Gasteiger partial charge is 0.394 e. The molecule has 6 rings (SSSR count). The van der Waals surface area contributed by atoms with Crippen LogP contribution >= 0.6 is 0 Å². The summed E-state index contributed by atoms with van der Waals surface area (Å²) in [6.45, 7) is 13.0. The van der Waals surface area contributed by atoms with Crippen molar-refractivity contribution in [1.82, 2.24) is 4.90 Å². The Morgan fingerprint density at radius 1 is 1.19 bits per heavy atom. The lowest BCUT2D eigenvalue weighted by atomic mass is 9.56. The third-order valence-corrected chi connectivity index (χ3v) is 11.9. The maximum atomic E-state index is 12.2. The van der Waals surface area contributed by atoms with Crippen LogP contribution in [0.3, 0.4) is 0 Å². The molecular formula is C32H49NO4. The van der Waals surface area contributed by atoms with Crippen molar-refractivity contribution in [3.05, 3.63) is 22.8 Å². The molecule has 0 aromatic rings. The van der Waals surface area contributed by atoms with Crippen molar-refractivity contribution in [3.63, 3.8) is 0 Å². The smallest absolute Gasteiger partial charge is 0.155 e. The van der Waals surface area contributed by atoms with Crippen molar-refractivity contribution >= 4 is 5.78 Å². The Balaban J connectivity index is 1.23. The first-order valence-electron chi connectivity index (χ1n) is 15.3. The van der Waals surface area contributed by atoms with Crippen LogP contribution in [0.15, 0.2) is 22.8 Å². The van der Waals surface area contributed by atoms with E-state index in [1.54, 1.807) is 11.1 Å². The number of piperidine rings is 1. The SMILES string of the molecule is CC1=C2C[C@H]3[C@@H](CCC4=CC(=O)CC[C@@]43C)[C@@H]2CC[C@@]2(C1)O[C@@H]1C[C@H](C)CN(CCOCCO)C1[C@H]2C. The molecule has 0 aromatic carbocycles. The van der Waals surface area contributed by atoms with E-state index in [9.17, 15) is 4.79 Å². The number of carbonyl (C=O) groups is 1. The first-order valence-corrected chi connectivity index (χ1v) is 15.3. The average Bonchev–Trinajstić information content (AvgIpc) is 3.32. The highest BCUT2D eigenvalue weighted by Gasteiger charge is 2.59. The number of aliphatic hydroxyl groups excluding tert-OH is 1. The second-order valence-electron chi connectivity index (χ2n) is 13.9. The quantitative estimate of drug-likeness (QED) is 0.400. The van der Waals surface area contributed by atoms with Crippen LogP contribution in [0, 0.1) is 35.0 Å². The van der Waals surface area contributed by atoms with Crippen LogP contribution in [0.2, 0.25) is 0 Å². The third kappa shape index (κ3) is 4.31. The molecule has 2 heterocycles. The van der Waals surface area contributed by atoms with Gasteiger partial charge in [-0.3, -0.25) is 9.69 Å². The topological polar surface area (TPSA) is 59.0 Å². The molecule has 5 nitrogen and oxygen atoms in total. The number of nitrogens with zero attached hydrogens (tertiary/aromatic N) is 1. The Morgan fingerprint density at radius 2 is 2.03 bits per heavy atom. The van der Waals surface area contributed by atoms with Crippen LogP contribution in [-0.2, 0) is 14.3 Å². The molecule has 5 heteroatoms. The van der Waals surface area contributed by atoms with Crippen molar-refractivity contribution in [2.24, 2.45) is 35.0 Å². The predicted molar refractivity (Wildman–Crippen MR) is 145 cm³/mol. The summed E-state index contributed by atoms with van der Waals surface area (Å²) in [6, 6.07) is 0.471. The van der Waals surface area contributed by atoms with Gasteiger partial charge in [-0.05, 0) is 93.5 Å². The molecule has 206 valence electrons. The number of hydrogen-bond donors (Lipinski definition) is 1. The van der Waals surface area contributed by atoms with Gasteiger partial charge >= 0.3 is 0 Å². The third-order valence-electron chi connectivity index (χ3n) is 11.9. The first kappa shape index (κ1) is 26.2. The summed E-state index contributed by atoms with van der Waals surface area (Å²) in [4.78, 5) is 14.8. The number of aliphatic hydroxyl groups is 1. The van der Waals surface area contributed by atoms with Crippen molar-refractivity contribution in [1.29, 1.82) is 0 Å². The highest BCUT2D eigenvalue weighted by molar-refractivity contribution is 5.91. The molecule has 2 aliphatic heterocycles. The summed E-state index contributed by atoms with van der Waals surface area (Å²) in [7, 11) is 0. The predicted octanol–water partition coefficient (Wildman–Crippen LogP) is 5.32. The van der Waals surface area contributed by atoms with Crippen LogP contribution in [0.1, 0.15) is 85.5 Å². The zero-order chi connectivity index (χ0) is 25.9. The minimum atomic E-state index is -0.0403. The number of carbonyl (C=O) groups excluding carboxylic acids is 1. The van der Waals surface area contributed by atoms with Crippen LogP contribution in [-0.4, -0.2) is 66.4 Å². The van der Waals surface area contributed by atoms with E-state index in [-0.39, 0.29) is 17.6 Å². The second kappa shape index (κ2) is 9.87. The van der Waals surface area contributed by atoms with E-state index in [4.69, 9.17) is 14.6 Å². The Labute approximate surface area is 224 Å². The van der Waals surface area contributed by atoms with E-state index in [0.29, 0.717) is 54.8 Å². The van der Waals surface area contributed by atoms with Crippen LogP contribution in [0.5, 0.6) is 0 Å². The molecule has 4 fully saturated rings. The fraction of sp³-hybridized carbons (Fsp3) is 0.844. The van der Waals surface area contributed by atoms with Gasteiger partial charge in [0.15, 0.2) is 5.78 Å². The van der Waals surface area contributed by atoms with Gasteiger partial charge in [0.05, 0.1) is 31.5 Å². The lowest BCUT2D eigenvalue weighted by Gasteiger charge is -2.48. The number of hydrogen-bond acceptors (Lipinski definition) is 5. The highest BCUT2D eigenvalue weighted by Crippen LogP contribution is 2.64. The summed E-state index contributed by atoms with van der Waals surface area (Å²) in [5, 5.41) is 9.10. The zero-order valence-corrected chi connectivity index (χ0v) is 23.6. The van der Waals surface area contributed by atoms with Gasteiger partial charge in [-0.1, -0.05) is 37.5 Å². The Morgan fingerprint density at radius 3 is 2.84 bits per heavy atom. The summed E-state index contributed by atoms with van der Waals surface area (Å²) in [5.74, 6) is 3.70. The van der Waals surface area contributed by atoms with Crippen molar-refractivity contribution in [2.75, 3.05) is 32.9 Å². The standard InChI is InChI=1S/C32H49NO4/c1-20-15-29-30(33(19-20)11-13-36-14-12-34)22(3)32(37-29)10-8-25-26-6-5-23-16-24(35)7-9-31(23,4)28(26)17-27(25)21(2)18-32/h16,20,22,25-26,28-30,34H,5-15,17-19H2,1-4H3/t20-,22+,25-,26-,28-,29+,30?,31-,32-/m0/s1. The van der Waals surface area contributed by atoms with E-state index in [1.165, 1.54) is 37.7 Å². The number of ketones is 1. The molecule has 2 saturated carbocycles. The van der Waals surface area contributed by atoms with Crippen LogP contribution in [0.25, 0.3) is 0 Å². The van der Waals surface area contributed by atoms with E-state index in [1.807, 2.05) is 6.08 Å². The summed E-state index contributed by atoms with van der Waals surface area (Å²) >= 11 is 0. The minimum Gasteiger partial charge on any atom is -0.394 e. The summed E-state index contributed by atoms with van der Waals surface area (Å²) in [5.41, 5.74) is 5.04. The molecule has 6 aliphatic rings. The Bertz CT molecular complexity index is 972. The van der Waals surface area contributed by atoms with Gasteiger partial charge in [-0.15, -0.1) is 0 Å². The maximum absolute atomic E-state index is 12.2. The molecule has 2 saturated heterocycles. The number of likely N-dealkylation sites (tertiary alicyclic amines) is 1. The van der Waals surface area contributed by atoms with Crippen molar-refractivity contribution < 1.29 is 19.4 Å². The van der Waals surface area contributed by atoms with Gasteiger partial charge < -0.3 is 14.6 Å². The molecule has 1 spiro atoms. The number of fused-ring (bicyclic) bond motifs is 6. The number of allylic oxidation sites excluding steroid dienone is 3. The molecule has 4 aliphatic carbocycles. The lowest BCUT2D eigenvalue weighted by molar-refractivity contribution is -0.116. The van der Waals surface area contributed by atoms with Gasteiger partial charge in [0, 0.05) is 31.5 Å². The van der Waals surface area contributed by atoms with E-state index in [2.05, 4.69) is 32.6 Å². The summed E-state index contributed by atoms with van der Waals surface area (Å²) in [6.07, 6.45) is 12.5. The fourth-order valence-corrected chi connectivity index (χ4v) is 10.1. The van der Waals surface area contributed by atoms with Crippen LogP contribution < -0.4 is 0 Å². The molecule has 1 unspecified atom stereocenters. The van der Waals surface area contributed by atoms with Gasteiger partial charge in [-0.2, -0.15) is 0 Å². The fourth-order valence-electron chi connectivity index (χ4n) is 10.1. The molecule has 0 bridgehead atoms. The summed E-state index contributed by atoms with van der Waals surface area (Å²) < 4.78 is 12.9. The molecule has 0 aromatic heterocycles. The molecule has 1 N–H and O–H groups in total. The minimum absolute atomic E-state index is 0.0403. The van der Waals surface area contributed by atoms with E-state index < -0.39 is 0 Å². The van der Waals surface area contributed by atoms with Crippen molar-refractivity contribution in [3.8, 4) is 0 Å². The van der Waals surface area contributed by atoms with Crippen LogP contribution in [0.4, 0.5) is 0 Å². The van der Waals surface area contributed by atoms with E-state index >= 15 is 0 Å². The second-order valence-corrected chi connectivity index (χ2v) is 13.9.